The fraction of sp³-hybridized carbons (Fsp3) is 0.133. The van der Waals surface area contributed by atoms with Crippen molar-refractivity contribution < 1.29 is 9.53 Å². The Labute approximate surface area is 141 Å². The molecule has 0 spiro atoms. The fourth-order valence-electron chi connectivity index (χ4n) is 1.74. The molecule has 0 saturated carbocycles. The van der Waals surface area contributed by atoms with Crippen molar-refractivity contribution in [2.75, 3.05) is 12.4 Å². The minimum Gasteiger partial charge on any atom is -0.497 e. The number of benzene rings is 2. The number of amides is 1. The minimum atomic E-state index is -0.303. The Morgan fingerprint density at radius 3 is 2.57 bits per heavy atom. The highest BCUT2D eigenvalue weighted by Gasteiger charge is 2.14. The summed E-state index contributed by atoms with van der Waals surface area (Å²) in [6.07, 6.45) is 0. The van der Waals surface area contributed by atoms with E-state index in [9.17, 15) is 4.79 Å². The first-order chi connectivity index (χ1) is 9.92. The molecular formula is C15H12BrCl2NO2. The normalized spacial score (nSPS) is 10.3. The first-order valence-electron chi connectivity index (χ1n) is 6.03. The lowest BCUT2D eigenvalue weighted by atomic mass is 10.2. The number of nitrogens with one attached hydrogen (secondary N) is 1. The average molecular weight is 389 g/mol. The summed E-state index contributed by atoms with van der Waals surface area (Å²) in [6, 6.07) is 8.49. The first kappa shape index (κ1) is 16.1. The van der Waals surface area contributed by atoms with Crippen LogP contribution in [0.5, 0.6) is 5.75 Å². The van der Waals surface area contributed by atoms with Gasteiger partial charge in [-0.05, 0) is 58.7 Å². The number of carbonyl (C=O) groups is 1. The monoisotopic (exact) mass is 387 g/mol. The Morgan fingerprint density at radius 2 is 1.90 bits per heavy atom. The molecule has 21 heavy (non-hydrogen) atoms. The topological polar surface area (TPSA) is 38.3 Å². The molecule has 2 aromatic carbocycles. The standard InChI is InChI=1S/C15H12BrCl2NO2/c1-8-5-13(18)14(7-12(8)17)19-15(20)10-6-9(21-2)3-4-11(10)16/h3-7H,1-2H3,(H,19,20). The van der Waals surface area contributed by atoms with Crippen LogP contribution in [0.2, 0.25) is 10.0 Å². The van der Waals surface area contributed by atoms with Crippen molar-refractivity contribution in [1.82, 2.24) is 0 Å². The average Bonchev–Trinajstić information content (AvgIpc) is 2.45. The molecule has 1 N–H and O–H groups in total. The zero-order chi connectivity index (χ0) is 15.6. The van der Waals surface area contributed by atoms with Crippen LogP contribution in [0.25, 0.3) is 0 Å². The minimum absolute atomic E-state index is 0.303. The highest BCUT2D eigenvalue weighted by molar-refractivity contribution is 9.10. The Bertz CT molecular complexity index is 704. The van der Waals surface area contributed by atoms with Crippen molar-refractivity contribution in [1.29, 1.82) is 0 Å². The maximum atomic E-state index is 12.4. The quantitative estimate of drug-likeness (QED) is 0.771. The van der Waals surface area contributed by atoms with Crippen molar-refractivity contribution in [3.8, 4) is 5.75 Å². The van der Waals surface area contributed by atoms with Crippen LogP contribution in [0.15, 0.2) is 34.8 Å². The maximum Gasteiger partial charge on any atom is 0.256 e. The largest absolute Gasteiger partial charge is 0.497 e. The summed E-state index contributed by atoms with van der Waals surface area (Å²) in [4.78, 5) is 12.4. The van der Waals surface area contributed by atoms with Crippen molar-refractivity contribution in [2.24, 2.45) is 0 Å². The molecule has 0 saturated heterocycles. The van der Waals surface area contributed by atoms with E-state index >= 15 is 0 Å². The number of aryl methyl sites for hydroxylation is 1. The van der Waals surface area contributed by atoms with Crippen LogP contribution in [-0.4, -0.2) is 13.0 Å². The van der Waals surface area contributed by atoms with Gasteiger partial charge in [0.2, 0.25) is 0 Å². The highest BCUT2D eigenvalue weighted by atomic mass is 79.9. The van der Waals surface area contributed by atoms with E-state index in [1.807, 2.05) is 6.92 Å². The van der Waals surface area contributed by atoms with Gasteiger partial charge in [-0.1, -0.05) is 23.2 Å². The molecule has 0 heterocycles. The lowest BCUT2D eigenvalue weighted by Crippen LogP contribution is -2.13. The predicted molar refractivity (Wildman–Crippen MR) is 89.8 cm³/mol. The molecule has 0 aliphatic rings. The van der Waals surface area contributed by atoms with E-state index in [2.05, 4.69) is 21.2 Å². The predicted octanol–water partition coefficient (Wildman–Crippen LogP) is 5.33. The molecule has 0 aliphatic carbocycles. The van der Waals surface area contributed by atoms with Crippen LogP contribution in [-0.2, 0) is 0 Å². The Hall–Kier alpha value is -1.23. The van der Waals surface area contributed by atoms with Gasteiger partial charge in [0.1, 0.15) is 5.75 Å². The molecule has 3 nitrogen and oxygen atoms in total. The number of hydrogen-bond donors (Lipinski definition) is 1. The number of rotatable bonds is 3. The van der Waals surface area contributed by atoms with Crippen LogP contribution in [0.3, 0.4) is 0 Å². The molecule has 110 valence electrons. The van der Waals surface area contributed by atoms with Crippen LogP contribution < -0.4 is 10.1 Å². The second-order valence-corrected chi connectivity index (χ2v) is 6.05. The van der Waals surface area contributed by atoms with Crippen molar-refractivity contribution >= 4 is 50.7 Å². The molecule has 0 fully saturated rings. The molecule has 0 atom stereocenters. The maximum absolute atomic E-state index is 12.4. The molecular weight excluding hydrogens is 377 g/mol. The number of carbonyl (C=O) groups excluding carboxylic acids is 1. The number of methoxy groups -OCH3 is 1. The van der Waals surface area contributed by atoms with Crippen LogP contribution >= 0.6 is 39.1 Å². The lowest BCUT2D eigenvalue weighted by molar-refractivity contribution is 0.102. The van der Waals surface area contributed by atoms with Crippen molar-refractivity contribution in [3.05, 3.63) is 56.0 Å². The molecule has 0 aromatic heterocycles. The molecule has 0 bridgehead atoms. The van der Waals surface area contributed by atoms with E-state index in [-0.39, 0.29) is 5.91 Å². The van der Waals surface area contributed by atoms with E-state index < -0.39 is 0 Å². The number of ether oxygens (including phenoxy) is 1. The van der Waals surface area contributed by atoms with Crippen molar-refractivity contribution in [2.45, 2.75) is 6.92 Å². The van der Waals surface area contributed by atoms with Gasteiger partial charge in [-0.15, -0.1) is 0 Å². The second kappa shape index (κ2) is 6.69. The van der Waals surface area contributed by atoms with E-state index in [1.54, 1.807) is 37.4 Å². The molecule has 2 aromatic rings. The lowest BCUT2D eigenvalue weighted by Gasteiger charge is -2.11. The summed E-state index contributed by atoms with van der Waals surface area (Å²) in [5, 5.41) is 3.72. The summed E-state index contributed by atoms with van der Waals surface area (Å²) >= 11 is 15.5. The van der Waals surface area contributed by atoms with Crippen molar-refractivity contribution in [3.63, 3.8) is 0 Å². The Kier molecular flexibility index (Phi) is 5.14. The van der Waals surface area contributed by atoms with E-state index in [0.29, 0.717) is 31.5 Å². The smallest absolute Gasteiger partial charge is 0.256 e. The van der Waals surface area contributed by atoms with Gasteiger partial charge in [-0.25, -0.2) is 0 Å². The molecule has 0 unspecified atom stereocenters. The highest BCUT2D eigenvalue weighted by Crippen LogP contribution is 2.30. The summed E-state index contributed by atoms with van der Waals surface area (Å²) in [7, 11) is 1.54. The molecule has 0 radical (unpaired) electrons. The van der Waals surface area contributed by atoms with E-state index in [0.717, 1.165) is 5.56 Å². The van der Waals surface area contributed by atoms with Crippen LogP contribution in [0.4, 0.5) is 5.69 Å². The summed E-state index contributed by atoms with van der Waals surface area (Å²) in [6.45, 7) is 1.85. The third kappa shape index (κ3) is 3.70. The van der Waals surface area contributed by atoms with Gasteiger partial charge < -0.3 is 10.1 Å². The number of hydrogen-bond acceptors (Lipinski definition) is 2. The number of halogens is 3. The zero-order valence-electron chi connectivity index (χ0n) is 11.3. The Morgan fingerprint density at radius 1 is 1.19 bits per heavy atom. The van der Waals surface area contributed by atoms with E-state index in [1.165, 1.54) is 0 Å². The third-order valence-corrected chi connectivity index (χ3v) is 4.33. The van der Waals surface area contributed by atoms with Gasteiger partial charge >= 0.3 is 0 Å². The van der Waals surface area contributed by atoms with Gasteiger partial charge in [0, 0.05) is 9.50 Å². The van der Waals surface area contributed by atoms with Gasteiger partial charge in [0.25, 0.3) is 5.91 Å². The van der Waals surface area contributed by atoms with Gasteiger partial charge in [0.05, 0.1) is 23.4 Å². The SMILES string of the molecule is COc1ccc(Br)c(C(=O)Nc2cc(Cl)c(C)cc2Cl)c1. The molecule has 2 rings (SSSR count). The second-order valence-electron chi connectivity index (χ2n) is 4.38. The van der Waals surface area contributed by atoms with Gasteiger partial charge in [-0.2, -0.15) is 0 Å². The molecule has 1 amide bonds. The van der Waals surface area contributed by atoms with E-state index in [4.69, 9.17) is 27.9 Å². The Balaban J connectivity index is 2.32. The first-order valence-corrected chi connectivity index (χ1v) is 7.58. The summed E-state index contributed by atoms with van der Waals surface area (Å²) in [5.41, 5.74) is 1.76. The fourth-order valence-corrected chi connectivity index (χ4v) is 2.59. The number of anilines is 1. The third-order valence-electron chi connectivity index (χ3n) is 2.91. The molecule has 6 heteroatoms. The van der Waals surface area contributed by atoms with Crippen LogP contribution in [0.1, 0.15) is 15.9 Å². The zero-order valence-corrected chi connectivity index (χ0v) is 14.4. The summed E-state index contributed by atoms with van der Waals surface area (Å²) < 4.78 is 5.78. The van der Waals surface area contributed by atoms with Gasteiger partial charge in [0.15, 0.2) is 0 Å². The summed E-state index contributed by atoms with van der Waals surface area (Å²) in [5.74, 6) is 0.291. The van der Waals surface area contributed by atoms with Gasteiger partial charge in [-0.3, -0.25) is 4.79 Å². The molecule has 0 aliphatic heterocycles. The van der Waals surface area contributed by atoms with Crippen LogP contribution in [0, 0.1) is 6.92 Å².